The van der Waals surface area contributed by atoms with Crippen molar-refractivity contribution in [2.75, 3.05) is 11.9 Å². The van der Waals surface area contributed by atoms with Gasteiger partial charge in [0.05, 0.1) is 11.8 Å². The summed E-state index contributed by atoms with van der Waals surface area (Å²) in [5, 5.41) is 18.7. The van der Waals surface area contributed by atoms with Crippen molar-refractivity contribution >= 4 is 17.6 Å². The van der Waals surface area contributed by atoms with Crippen LogP contribution in [0, 0.1) is 11.8 Å². The van der Waals surface area contributed by atoms with Gasteiger partial charge in [-0.1, -0.05) is 18.9 Å². The lowest BCUT2D eigenvalue weighted by atomic mass is 9.78. The summed E-state index contributed by atoms with van der Waals surface area (Å²) >= 11 is 0. The normalized spacial score (nSPS) is 22.2. The van der Waals surface area contributed by atoms with Crippen LogP contribution >= 0.6 is 0 Å². The van der Waals surface area contributed by atoms with E-state index in [1.807, 2.05) is 0 Å². The Morgan fingerprint density at radius 2 is 1.85 bits per heavy atom. The van der Waals surface area contributed by atoms with Crippen LogP contribution in [0.3, 0.4) is 0 Å². The number of phenols is 1. The number of carboxylic acid groups (broad SMARTS) is 1. The fourth-order valence-electron chi connectivity index (χ4n) is 2.80. The zero-order valence-electron chi connectivity index (χ0n) is 11.5. The van der Waals surface area contributed by atoms with Crippen LogP contribution in [0.1, 0.15) is 25.7 Å². The zero-order chi connectivity index (χ0) is 14.7. The number of anilines is 1. The highest BCUT2D eigenvalue weighted by atomic mass is 16.4. The van der Waals surface area contributed by atoms with Gasteiger partial charge in [-0.25, -0.2) is 0 Å². The van der Waals surface area contributed by atoms with Crippen LogP contribution in [0.25, 0.3) is 0 Å². The van der Waals surface area contributed by atoms with E-state index < -0.39 is 17.8 Å². The number of aliphatic carboxylic acids is 1. The third-order valence-electron chi connectivity index (χ3n) is 3.95. The molecule has 108 valence electrons. The topological polar surface area (TPSA) is 77.8 Å². The van der Waals surface area contributed by atoms with Crippen molar-refractivity contribution < 1.29 is 19.8 Å². The summed E-state index contributed by atoms with van der Waals surface area (Å²) in [6, 6.07) is 6.40. The molecule has 0 bridgehead atoms. The third-order valence-corrected chi connectivity index (χ3v) is 3.95. The number of hydrogen-bond donors (Lipinski definition) is 2. The lowest BCUT2D eigenvalue weighted by Gasteiger charge is -2.31. The van der Waals surface area contributed by atoms with Gasteiger partial charge in [0.2, 0.25) is 5.91 Å². The van der Waals surface area contributed by atoms with Crippen molar-refractivity contribution in [1.29, 1.82) is 0 Å². The molecule has 5 heteroatoms. The van der Waals surface area contributed by atoms with E-state index in [1.165, 1.54) is 17.0 Å². The summed E-state index contributed by atoms with van der Waals surface area (Å²) in [5.41, 5.74) is 0.574. The molecular formula is C15H19NO4. The van der Waals surface area contributed by atoms with E-state index in [0.29, 0.717) is 18.5 Å². The molecule has 0 saturated heterocycles. The molecule has 1 aromatic carbocycles. The van der Waals surface area contributed by atoms with Crippen molar-refractivity contribution in [1.82, 2.24) is 0 Å². The SMILES string of the molecule is CN(C(=O)C1CCCCC1C(=O)O)c1cccc(O)c1. The minimum atomic E-state index is -0.896. The van der Waals surface area contributed by atoms with Crippen LogP contribution in [0.5, 0.6) is 5.75 Å². The Bertz CT molecular complexity index is 514. The lowest BCUT2D eigenvalue weighted by Crippen LogP contribution is -2.40. The average Bonchev–Trinajstić information content (AvgIpc) is 2.45. The number of nitrogens with zero attached hydrogens (tertiary/aromatic N) is 1. The third kappa shape index (κ3) is 2.92. The van der Waals surface area contributed by atoms with Crippen molar-refractivity contribution in [2.45, 2.75) is 25.7 Å². The molecule has 2 atom stereocenters. The van der Waals surface area contributed by atoms with Gasteiger partial charge in [0.25, 0.3) is 0 Å². The molecular weight excluding hydrogens is 258 g/mol. The van der Waals surface area contributed by atoms with Gasteiger partial charge < -0.3 is 15.1 Å². The number of carbonyl (C=O) groups is 2. The first-order chi connectivity index (χ1) is 9.50. The van der Waals surface area contributed by atoms with Gasteiger partial charge in [-0.2, -0.15) is 0 Å². The standard InChI is InChI=1S/C15H19NO4/c1-16(10-5-4-6-11(17)9-10)14(18)12-7-2-3-8-13(12)15(19)20/h4-6,9,12-13,17H,2-3,7-8H2,1H3,(H,19,20). The second-order valence-electron chi connectivity index (χ2n) is 5.25. The fraction of sp³-hybridized carbons (Fsp3) is 0.467. The van der Waals surface area contributed by atoms with E-state index in [-0.39, 0.29) is 11.7 Å². The average molecular weight is 277 g/mol. The second kappa shape index (κ2) is 5.94. The van der Waals surface area contributed by atoms with E-state index >= 15 is 0 Å². The molecule has 2 unspecified atom stereocenters. The van der Waals surface area contributed by atoms with Gasteiger partial charge in [0, 0.05) is 18.8 Å². The van der Waals surface area contributed by atoms with Gasteiger partial charge in [-0.15, -0.1) is 0 Å². The molecule has 1 aromatic rings. The summed E-state index contributed by atoms with van der Waals surface area (Å²) < 4.78 is 0. The molecule has 2 rings (SSSR count). The molecule has 5 nitrogen and oxygen atoms in total. The van der Waals surface area contributed by atoms with E-state index in [4.69, 9.17) is 0 Å². The predicted octanol–water partition coefficient (Wildman–Crippen LogP) is 2.25. The second-order valence-corrected chi connectivity index (χ2v) is 5.25. The Hall–Kier alpha value is -2.04. The van der Waals surface area contributed by atoms with Crippen LogP contribution in [-0.4, -0.2) is 29.1 Å². The summed E-state index contributed by atoms with van der Waals surface area (Å²) in [7, 11) is 1.62. The number of carboxylic acids is 1. The molecule has 0 spiro atoms. The van der Waals surface area contributed by atoms with Crippen LogP contribution in [0.4, 0.5) is 5.69 Å². The number of benzene rings is 1. The summed E-state index contributed by atoms with van der Waals surface area (Å²) in [6.07, 6.45) is 2.91. The van der Waals surface area contributed by atoms with Crippen LogP contribution < -0.4 is 4.90 Å². The van der Waals surface area contributed by atoms with Crippen LogP contribution in [-0.2, 0) is 9.59 Å². The van der Waals surface area contributed by atoms with Gasteiger partial charge in [0.1, 0.15) is 5.75 Å². The predicted molar refractivity (Wildman–Crippen MR) is 74.6 cm³/mol. The van der Waals surface area contributed by atoms with E-state index in [2.05, 4.69) is 0 Å². The monoisotopic (exact) mass is 277 g/mol. The van der Waals surface area contributed by atoms with Gasteiger partial charge in [0.15, 0.2) is 0 Å². The molecule has 1 saturated carbocycles. The first kappa shape index (κ1) is 14.4. The molecule has 1 aliphatic rings. The molecule has 0 aromatic heterocycles. The Balaban J connectivity index is 2.18. The molecule has 0 heterocycles. The lowest BCUT2D eigenvalue weighted by molar-refractivity contribution is -0.148. The molecule has 20 heavy (non-hydrogen) atoms. The van der Waals surface area contributed by atoms with Crippen molar-refractivity contribution in [3.05, 3.63) is 24.3 Å². The first-order valence-electron chi connectivity index (χ1n) is 6.80. The first-order valence-corrected chi connectivity index (χ1v) is 6.80. The molecule has 1 fully saturated rings. The van der Waals surface area contributed by atoms with Crippen molar-refractivity contribution in [3.63, 3.8) is 0 Å². The minimum absolute atomic E-state index is 0.0839. The smallest absolute Gasteiger partial charge is 0.307 e. The fourth-order valence-corrected chi connectivity index (χ4v) is 2.80. The molecule has 0 radical (unpaired) electrons. The number of carbonyl (C=O) groups excluding carboxylic acids is 1. The number of hydrogen-bond acceptors (Lipinski definition) is 3. The van der Waals surface area contributed by atoms with E-state index in [0.717, 1.165) is 12.8 Å². The van der Waals surface area contributed by atoms with Gasteiger partial charge in [-0.3, -0.25) is 9.59 Å². The maximum Gasteiger partial charge on any atom is 0.307 e. The number of phenolic OH excluding ortho intramolecular Hbond substituents is 1. The van der Waals surface area contributed by atoms with Gasteiger partial charge in [-0.05, 0) is 25.0 Å². The Kier molecular flexibility index (Phi) is 4.27. The largest absolute Gasteiger partial charge is 0.508 e. The zero-order valence-corrected chi connectivity index (χ0v) is 11.5. The summed E-state index contributed by atoms with van der Waals surface area (Å²) in [5.74, 6) is -2.08. The maximum atomic E-state index is 12.5. The highest BCUT2D eigenvalue weighted by molar-refractivity contribution is 5.97. The quantitative estimate of drug-likeness (QED) is 0.888. The molecule has 2 N–H and O–H groups in total. The summed E-state index contributed by atoms with van der Waals surface area (Å²) in [4.78, 5) is 25.2. The van der Waals surface area contributed by atoms with Crippen LogP contribution in [0.15, 0.2) is 24.3 Å². The highest BCUT2D eigenvalue weighted by Crippen LogP contribution is 2.33. The molecule has 1 amide bonds. The van der Waals surface area contributed by atoms with Crippen molar-refractivity contribution in [3.8, 4) is 5.75 Å². The van der Waals surface area contributed by atoms with Crippen molar-refractivity contribution in [2.24, 2.45) is 11.8 Å². The summed E-state index contributed by atoms with van der Waals surface area (Å²) in [6.45, 7) is 0. The van der Waals surface area contributed by atoms with Gasteiger partial charge >= 0.3 is 5.97 Å². The number of aromatic hydroxyl groups is 1. The Morgan fingerprint density at radius 1 is 1.20 bits per heavy atom. The number of amides is 1. The van der Waals surface area contributed by atoms with E-state index in [9.17, 15) is 19.8 Å². The van der Waals surface area contributed by atoms with E-state index in [1.54, 1.807) is 19.2 Å². The van der Waals surface area contributed by atoms with Crippen LogP contribution in [0.2, 0.25) is 0 Å². The molecule has 0 aliphatic heterocycles. The Labute approximate surface area is 117 Å². The maximum absolute atomic E-state index is 12.5. The number of rotatable bonds is 3. The minimum Gasteiger partial charge on any atom is -0.508 e. The molecule has 1 aliphatic carbocycles. The Morgan fingerprint density at radius 3 is 2.45 bits per heavy atom. The highest BCUT2D eigenvalue weighted by Gasteiger charge is 2.37.